The molecule has 0 radical (unpaired) electrons. The first-order valence-corrected chi connectivity index (χ1v) is 7.91. The Morgan fingerprint density at radius 3 is 2.57 bits per heavy atom. The highest BCUT2D eigenvalue weighted by Crippen LogP contribution is 2.27. The summed E-state index contributed by atoms with van der Waals surface area (Å²) in [5, 5.41) is 0.935. The quantitative estimate of drug-likeness (QED) is 0.390. The number of hydrogen-bond acceptors (Lipinski definition) is 5. The van der Waals surface area contributed by atoms with Gasteiger partial charge in [-0.05, 0) is 12.5 Å². The Kier molecular flexibility index (Phi) is 4.85. The van der Waals surface area contributed by atoms with Crippen molar-refractivity contribution in [3.05, 3.63) is 47.3 Å². The van der Waals surface area contributed by atoms with E-state index < -0.39 is 0 Å². The largest absolute Gasteiger partial charge is 0.308 e. The molecule has 0 fully saturated rings. The number of aromatic nitrogens is 2. The van der Waals surface area contributed by atoms with Crippen LogP contribution in [0.5, 0.6) is 0 Å². The summed E-state index contributed by atoms with van der Waals surface area (Å²) in [6, 6.07) is 10.4. The number of nitrogens with two attached hydrogens (primary N) is 1. The summed E-state index contributed by atoms with van der Waals surface area (Å²) in [5.41, 5.74) is 5.08. The molecule has 0 unspecified atom stereocenters. The van der Waals surface area contributed by atoms with Gasteiger partial charge in [0, 0.05) is 17.2 Å². The summed E-state index contributed by atoms with van der Waals surface area (Å²) in [4.78, 5) is 9.08. The van der Waals surface area contributed by atoms with E-state index in [-0.39, 0.29) is 5.41 Å². The van der Waals surface area contributed by atoms with E-state index in [2.05, 4.69) is 67.4 Å². The second-order valence-electron chi connectivity index (χ2n) is 6.09. The molecular formula is C16H22N4S. The van der Waals surface area contributed by atoms with Crippen LogP contribution in [0, 0.1) is 6.92 Å². The third kappa shape index (κ3) is 4.44. The Bertz CT molecular complexity index is 620. The van der Waals surface area contributed by atoms with Crippen molar-refractivity contribution in [2.45, 2.75) is 43.9 Å². The smallest absolute Gasteiger partial charge is 0.144 e. The molecule has 0 amide bonds. The molecule has 1 heterocycles. The first-order chi connectivity index (χ1) is 9.88. The lowest BCUT2D eigenvalue weighted by Gasteiger charge is -2.18. The normalized spacial score (nSPS) is 11.5. The lowest BCUT2D eigenvalue weighted by molar-refractivity contribution is 0.539. The Hall–Kier alpha value is -1.59. The average Bonchev–Trinajstić information content (AvgIpc) is 2.44. The van der Waals surface area contributed by atoms with Gasteiger partial charge in [-0.3, -0.25) is 0 Å². The standard InChI is InChI=1S/C16H22N4S/c1-11-6-5-7-12(8-11)10-21-14-9-13(20-17)18-15(19-14)16(2,3)4/h5-9H,10,17H2,1-4H3,(H,18,19,20). The number of aryl methyl sites for hydroxylation is 1. The molecule has 0 saturated carbocycles. The molecule has 0 atom stereocenters. The molecule has 0 aliphatic carbocycles. The lowest BCUT2D eigenvalue weighted by Crippen LogP contribution is -2.19. The van der Waals surface area contributed by atoms with Gasteiger partial charge in [0.25, 0.3) is 0 Å². The molecular weight excluding hydrogens is 280 g/mol. The summed E-state index contributed by atoms with van der Waals surface area (Å²) in [7, 11) is 0. The van der Waals surface area contributed by atoms with Crippen LogP contribution in [0.4, 0.5) is 5.82 Å². The van der Waals surface area contributed by atoms with Gasteiger partial charge in [-0.25, -0.2) is 15.8 Å². The van der Waals surface area contributed by atoms with Gasteiger partial charge in [0.15, 0.2) is 0 Å². The van der Waals surface area contributed by atoms with Crippen molar-refractivity contribution < 1.29 is 0 Å². The van der Waals surface area contributed by atoms with Crippen molar-refractivity contribution in [1.82, 2.24) is 9.97 Å². The third-order valence-electron chi connectivity index (χ3n) is 2.99. The van der Waals surface area contributed by atoms with Gasteiger partial charge in [-0.1, -0.05) is 50.6 Å². The molecule has 0 spiro atoms. The second kappa shape index (κ2) is 6.45. The molecule has 2 rings (SSSR count). The third-order valence-corrected chi connectivity index (χ3v) is 3.97. The van der Waals surface area contributed by atoms with Crippen molar-refractivity contribution in [3.8, 4) is 0 Å². The number of nitrogen functional groups attached to an aromatic ring is 1. The topological polar surface area (TPSA) is 63.8 Å². The molecule has 0 aliphatic heterocycles. The number of rotatable bonds is 4. The number of thioether (sulfide) groups is 1. The SMILES string of the molecule is Cc1cccc(CSc2cc(NN)nc(C(C)(C)C)n2)c1. The van der Waals surface area contributed by atoms with Crippen LogP contribution in [0.3, 0.4) is 0 Å². The molecule has 0 saturated heterocycles. The predicted octanol–water partition coefficient (Wildman–Crippen LogP) is 3.66. The van der Waals surface area contributed by atoms with Gasteiger partial charge in [0.2, 0.25) is 0 Å². The van der Waals surface area contributed by atoms with E-state index in [4.69, 9.17) is 5.84 Å². The number of nitrogens with one attached hydrogen (secondary N) is 1. The maximum absolute atomic E-state index is 5.51. The van der Waals surface area contributed by atoms with Gasteiger partial charge in [-0.15, -0.1) is 11.8 Å². The van der Waals surface area contributed by atoms with Gasteiger partial charge >= 0.3 is 0 Å². The molecule has 0 aliphatic rings. The molecule has 112 valence electrons. The fourth-order valence-electron chi connectivity index (χ4n) is 1.87. The number of benzene rings is 1. The lowest BCUT2D eigenvalue weighted by atomic mass is 9.96. The van der Waals surface area contributed by atoms with Gasteiger partial charge < -0.3 is 5.43 Å². The average molecular weight is 302 g/mol. The fourth-order valence-corrected chi connectivity index (χ4v) is 2.71. The summed E-state index contributed by atoms with van der Waals surface area (Å²) in [6.45, 7) is 8.39. The Balaban J connectivity index is 2.19. The van der Waals surface area contributed by atoms with Crippen molar-refractivity contribution in [1.29, 1.82) is 0 Å². The van der Waals surface area contributed by atoms with Gasteiger partial charge in [0.1, 0.15) is 16.7 Å². The van der Waals surface area contributed by atoms with Crippen LogP contribution >= 0.6 is 11.8 Å². The van der Waals surface area contributed by atoms with Crippen molar-refractivity contribution in [3.63, 3.8) is 0 Å². The highest BCUT2D eigenvalue weighted by Gasteiger charge is 2.19. The fraction of sp³-hybridized carbons (Fsp3) is 0.375. The molecule has 1 aromatic heterocycles. The summed E-state index contributed by atoms with van der Waals surface area (Å²) < 4.78 is 0. The maximum Gasteiger partial charge on any atom is 0.144 e. The molecule has 1 aromatic carbocycles. The number of hydrazine groups is 1. The number of nitrogens with zero attached hydrogens (tertiary/aromatic N) is 2. The molecule has 2 aromatic rings. The Morgan fingerprint density at radius 1 is 1.19 bits per heavy atom. The maximum atomic E-state index is 5.51. The van der Waals surface area contributed by atoms with E-state index in [0.717, 1.165) is 16.6 Å². The Morgan fingerprint density at radius 2 is 1.95 bits per heavy atom. The van der Waals surface area contributed by atoms with E-state index in [9.17, 15) is 0 Å². The Labute approximate surface area is 130 Å². The van der Waals surface area contributed by atoms with Crippen LogP contribution in [0.2, 0.25) is 0 Å². The summed E-state index contributed by atoms with van der Waals surface area (Å²) in [5.74, 6) is 7.84. The minimum absolute atomic E-state index is 0.106. The minimum atomic E-state index is -0.106. The monoisotopic (exact) mass is 302 g/mol. The highest BCUT2D eigenvalue weighted by molar-refractivity contribution is 7.98. The van der Waals surface area contributed by atoms with Gasteiger partial charge in [0.05, 0.1) is 0 Å². The van der Waals surface area contributed by atoms with Crippen LogP contribution in [0.15, 0.2) is 35.4 Å². The van der Waals surface area contributed by atoms with Crippen LogP contribution < -0.4 is 11.3 Å². The number of hydrogen-bond donors (Lipinski definition) is 2. The molecule has 5 heteroatoms. The van der Waals surface area contributed by atoms with Crippen LogP contribution in [0.1, 0.15) is 37.7 Å². The van der Waals surface area contributed by atoms with Crippen molar-refractivity contribution >= 4 is 17.6 Å². The van der Waals surface area contributed by atoms with Crippen LogP contribution in [0.25, 0.3) is 0 Å². The zero-order chi connectivity index (χ0) is 15.5. The molecule has 0 bridgehead atoms. The zero-order valence-corrected chi connectivity index (χ0v) is 13.8. The number of anilines is 1. The molecule has 4 nitrogen and oxygen atoms in total. The molecule has 21 heavy (non-hydrogen) atoms. The first-order valence-electron chi connectivity index (χ1n) is 6.93. The van der Waals surface area contributed by atoms with E-state index in [1.165, 1.54) is 11.1 Å². The minimum Gasteiger partial charge on any atom is -0.308 e. The van der Waals surface area contributed by atoms with Gasteiger partial charge in [-0.2, -0.15) is 0 Å². The van der Waals surface area contributed by atoms with E-state index >= 15 is 0 Å². The summed E-state index contributed by atoms with van der Waals surface area (Å²) in [6.07, 6.45) is 0. The van der Waals surface area contributed by atoms with Crippen LogP contribution in [-0.4, -0.2) is 9.97 Å². The second-order valence-corrected chi connectivity index (χ2v) is 7.08. The van der Waals surface area contributed by atoms with Crippen molar-refractivity contribution in [2.75, 3.05) is 5.43 Å². The van der Waals surface area contributed by atoms with E-state index in [0.29, 0.717) is 5.82 Å². The van der Waals surface area contributed by atoms with E-state index in [1.54, 1.807) is 11.8 Å². The van der Waals surface area contributed by atoms with Crippen molar-refractivity contribution in [2.24, 2.45) is 5.84 Å². The van der Waals surface area contributed by atoms with E-state index in [1.807, 2.05) is 6.07 Å². The molecule has 3 N–H and O–H groups in total. The summed E-state index contributed by atoms with van der Waals surface area (Å²) >= 11 is 1.70. The predicted molar refractivity (Wildman–Crippen MR) is 89.3 cm³/mol. The van der Waals surface area contributed by atoms with Crippen LogP contribution in [-0.2, 0) is 11.2 Å². The highest BCUT2D eigenvalue weighted by atomic mass is 32.2. The zero-order valence-electron chi connectivity index (χ0n) is 13.0. The first kappa shape index (κ1) is 15.8.